The molecule has 6 heteroatoms. The van der Waals surface area contributed by atoms with Crippen LogP contribution in [0.25, 0.3) is 0 Å². The first-order valence-electron chi connectivity index (χ1n) is 3.79. The van der Waals surface area contributed by atoms with Crippen molar-refractivity contribution >= 4 is 12.2 Å². The summed E-state index contributed by atoms with van der Waals surface area (Å²) < 4.78 is 0. The Morgan fingerprint density at radius 1 is 1.43 bits per heavy atom. The van der Waals surface area contributed by atoms with Crippen LogP contribution in [0.5, 0.6) is 0 Å². The van der Waals surface area contributed by atoms with Gasteiger partial charge < -0.3 is 0 Å². The Kier molecular flexibility index (Phi) is 3.45. The molecule has 0 heterocycles. The van der Waals surface area contributed by atoms with E-state index < -0.39 is 6.03 Å². The third-order valence-corrected chi connectivity index (χ3v) is 1.42. The molecule has 0 aliphatic carbocycles. The number of rotatable bonds is 2. The van der Waals surface area contributed by atoms with Crippen molar-refractivity contribution in [2.75, 3.05) is 0 Å². The number of carbonyl (C=O) groups is 1. The van der Waals surface area contributed by atoms with E-state index in [9.17, 15) is 4.79 Å². The number of amides is 2. The summed E-state index contributed by atoms with van der Waals surface area (Å²) in [5, 5.41) is 6.69. The Balaban J connectivity index is 2.65. The van der Waals surface area contributed by atoms with Crippen LogP contribution in [0.15, 0.2) is 40.5 Å². The second-order valence-corrected chi connectivity index (χ2v) is 2.39. The SMILES string of the molecule is N=NC(=O)N(N)/N=C/c1ccccc1. The monoisotopic (exact) mass is 191 g/mol. The molecule has 1 rings (SSSR count). The van der Waals surface area contributed by atoms with Gasteiger partial charge in [0.2, 0.25) is 0 Å². The summed E-state index contributed by atoms with van der Waals surface area (Å²) >= 11 is 0. The molecule has 0 saturated heterocycles. The molecule has 0 atom stereocenters. The second kappa shape index (κ2) is 4.83. The van der Waals surface area contributed by atoms with E-state index in [1.54, 1.807) is 12.1 Å². The first kappa shape index (κ1) is 10.0. The third kappa shape index (κ3) is 2.76. The van der Waals surface area contributed by atoms with Gasteiger partial charge in [-0.3, -0.25) is 0 Å². The number of hydrogen-bond acceptors (Lipinski definition) is 4. The van der Waals surface area contributed by atoms with Crippen molar-refractivity contribution in [1.82, 2.24) is 5.12 Å². The maximum absolute atomic E-state index is 10.7. The highest BCUT2D eigenvalue weighted by molar-refractivity contribution is 5.81. The lowest BCUT2D eigenvalue weighted by atomic mass is 10.2. The predicted octanol–water partition coefficient (Wildman–Crippen LogP) is 1.35. The average Bonchev–Trinajstić information content (AvgIpc) is 2.26. The lowest BCUT2D eigenvalue weighted by Crippen LogP contribution is -2.29. The van der Waals surface area contributed by atoms with Crippen molar-refractivity contribution in [2.24, 2.45) is 16.1 Å². The van der Waals surface area contributed by atoms with Crippen LogP contribution >= 0.6 is 0 Å². The number of hydrogen-bond donors (Lipinski definition) is 2. The second-order valence-electron chi connectivity index (χ2n) is 2.39. The third-order valence-electron chi connectivity index (χ3n) is 1.42. The van der Waals surface area contributed by atoms with Crippen LogP contribution in [0.2, 0.25) is 0 Å². The molecular weight excluding hydrogens is 182 g/mol. The van der Waals surface area contributed by atoms with Gasteiger partial charge in [-0.15, -0.1) is 5.12 Å². The van der Waals surface area contributed by atoms with Gasteiger partial charge in [-0.2, -0.15) is 10.6 Å². The van der Waals surface area contributed by atoms with Crippen LogP contribution in [0.3, 0.4) is 0 Å². The summed E-state index contributed by atoms with van der Waals surface area (Å²) in [6.07, 6.45) is 1.41. The Bertz CT molecular complexity index is 348. The van der Waals surface area contributed by atoms with Gasteiger partial charge in [0, 0.05) is 0 Å². The van der Waals surface area contributed by atoms with E-state index in [2.05, 4.69) is 10.2 Å². The minimum Gasteiger partial charge on any atom is -0.241 e. The summed E-state index contributed by atoms with van der Waals surface area (Å²) in [6, 6.07) is 8.22. The molecule has 0 fully saturated rings. The fourth-order valence-electron chi connectivity index (χ4n) is 0.769. The van der Waals surface area contributed by atoms with Gasteiger partial charge in [0.05, 0.1) is 6.21 Å². The zero-order valence-electron chi connectivity index (χ0n) is 7.29. The van der Waals surface area contributed by atoms with Gasteiger partial charge in [0.15, 0.2) is 0 Å². The van der Waals surface area contributed by atoms with E-state index in [-0.39, 0.29) is 0 Å². The van der Waals surface area contributed by atoms with Crippen molar-refractivity contribution in [3.8, 4) is 0 Å². The molecule has 0 bridgehead atoms. The highest BCUT2D eigenvalue weighted by Crippen LogP contribution is 1.94. The lowest BCUT2D eigenvalue weighted by Gasteiger charge is -2.03. The molecule has 6 nitrogen and oxygen atoms in total. The molecular formula is C8H9N5O. The summed E-state index contributed by atoms with van der Waals surface area (Å²) in [5.41, 5.74) is 7.21. The molecule has 0 spiro atoms. The van der Waals surface area contributed by atoms with E-state index in [1.165, 1.54) is 6.21 Å². The summed E-state index contributed by atoms with van der Waals surface area (Å²) in [5.74, 6) is 5.15. The number of urea groups is 1. The van der Waals surface area contributed by atoms with Crippen molar-refractivity contribution in [2.45, 2.75) is 0 Å². The summed E-state index contributed by atoms with van der Waals surface area (Å²) in [4.78, 5) is 10.7. The molecule has 2 amide bonds. The minimum atomic E-state index is -0.919. The number of hydrazone groups is 1. The van der Waals surface area contributed by atoms with E-state index in [1.807, 2.05) is 18.2 Å². The van der Waals surface area contributed by atoms with Crippen LogP contribution in [-0.2, 0) is 0 Å². The average molecular weight is 191 g/mol. The molecule has 3 N–H and O–H groups in total. The Morgan fingerprint density at radius 2 is 2.07 bits per heavy atom. The van der Waals surface area contributed by atoms with Crippen molar-refractivity contribution < 1.29 is 4.79 Å². The lowest BCUT2D eigenvalue weighted by molar-refractivity contribution is 0.209. The Morgan fingerprint density at radius 3 is 2.64 bits per heavy atom. The molecule has 1 aromatic rings. The first-order chi connectivity index (χ1) is 6.74. The molecule has 0 unspecified atom stereocenters. The molecule has 0 aliphatic heterocycles. The van der Waals surface area contributed by atoms with Crippen LogP contribution < -0.4 is 5.84 Å². The number of nitrogens with one attached hydrogen (secondary N) is 1. The standard InChI is InChI=1S/C8H9N5O/c9-12-8(14)13(10)11-6-7-4-2-1-3-5-7/h1-6,9H,10H2/b11-6+,12-9?. The summed E-state index contributed by atoms with van der Waals surface area (Å²) in [6.45, 7) is 0. The van der Waals surface area contributed by atoms with E-state index in [0.29, 0.717) is 5.12 Å². The zero-order chi connectivity index (χ0) is 10.4. The van der Waals surface area contributed by atoms with Crippen molar-refractivity contribution in [3.63, 3.8) is 0 Å². The van der Waals surface area contributed by atoms with Gasteiger partial charge in [-0.05, 0) is 5.56 Å². The van der Waals surface area contributed by atoms with Gasteiger partial charge in [-0.1, -0.05) is 35.4 Å². The number of nitrogens with two attached hydrogens (primary N) is 1. The maximum Gasteiger partial charge on any atom is 0.397 e. The van der Waals surface area contributed by atoms with Gasteiger partial charge >= 0.3 is 6.03 Å². The Hall–Kier alpha value is -2.08. The fourth-order valence-corrected chi connectivity index (χ4v) is 0.769. The topological polar surface area (TPSA) is 94.9 Å². The molecule has 0 radical (unpaired) electrons. The molecule has 0 saturated carbocycles. The van der Waals surface area contributed by atoms with Crippen LogP contribution in [0.1, 0.15) is 5.56 Å². The molecule has 0 aromatic heterocycles. The van der Waals surface area contributed by atoms with E-state index in [4.69, 9.17) is 11.4 Å². The quantitative estimate of drug-likeness (QED) is 0.242. The van der Waals surface area contributed by atoms with E-state index >= 15 is 0 Å². The van der Waals surface area contributed by atoms with Crippen molar-refractivity contribution in [3.05, 3.63) is 35.9 Å². The largest absolute Gasteiger partial charge is 0.397 e. The van der Waals surface area contributed by atoms with E-state index in [0.717, 1.165) is 5.56 Å². The maximum atomic E-state index is 10.7. The number of hydrazine groups is 1. The first-order valence-corrected chi connectivity index (χ1v) is 3.79. The molecule has 72 valence electrons. The van der Waals surface area contributed by atoms with Gasteiger partial charge in [0.25, 0.3) is 0 Å². The number of benzene rings is 1. The molecule has 0 aliphatic rings. The van der Waals surface area contributed by atoms with Gasteiger partial charge in [-0.25, -0.2) is 10.6 Å². The number of nitrogens with zero attached hydrogens (tertiary/aromatic N) is 3. The fraction of sp³-hybridized carbons (Fsp3) is 0. The normalized spacial score (nSPS) is 10.1. The highest BCUT2D eigenvalue weighted by atomic mass is 16.2. The summed E-state index contributed by atoms with van der Waals surface area (Å²) in [7, 11) is 0. The smallest absolute Gasteiger partial charge is 0.241 e. The van der Waals surface area contributed by atoms with Gasteiger partial charge in [0.1, 0.15) is 0 Å². The van der Waals surface area contributed by atoms with Crippen LogP contribution in [-0.4, -0.2) is 17.4 Å². The van der Waals surface area contributed by atoms with Crippen LogP contribution in [0.4, 0.5) is 4.79 Å². The highest BCUT2D eigenvalue weighted by Gasteiger charge is 2.03. The Labute approximate surface area is 80.5 Å². The molecule has 14 heavy (non-hydrogen) atoms. The van der Waals surface area contributed by atoms with Crippen LogP contribution in [0, 0.1) is 5.53 Å². The van der Waals surface area contributed by atoms with Crippen molar-refractivity contribution in [1.29, 1.82) is 5.53 Å². The zero-order valence-corrected chi connectivity index (χ0v) is 7.29. The minimum absolute atomic E-state index is 0.500. The molecule has 1 aromatic carbocycles. The number of carbonyl (C=O) groups excluding carboxylic acids is 1. The predicted molar refractivity (Wildman–Crippen MR) is 50.6 cm³/mol.